The molecule has 0 saturated heterocycles. The van der Waals surface area contributed by atoms with Crippen molar-refractivity contribution in [3.8, 4) is 11.8 Å². The summed E-state index contributed by atoms with van der Waals surface area (Å²) in [7, 11) is 0. The number of benzene rings is 2. The van der Waals surface area contributed by atoms with Gasteiger partial charge in [0.2, 0.25) is 0 Å². The summed E-state index contributed by atoms with van der Waals surface area (Å²) in [6.45, 7) is 0. The van der Waals surface area contributed by atoms with Crippen molar-refractivity contribution in [1.82, 2.24) is 0 Å². The summed E-state index contributed by atoms with van der Waals surface area (Å²) >= 11 is 2.15. The summed E-state index contributed by atoms with van der Waals surface area (Å²) in [6, 6.07) is 14.3. The Labute approximate surface area is 108 Å². The topological polar surface area (TPSA) is 0 Å². The fraction of sp³-hybridized carbons (Fsp3) is 0. The van der Waals surface area contributed by atoms with Gasteiger partial charge in [0.25, 0.3) is 0 Å². The van der Waals surface area contributed by atoms with E-state index in [1.807, 2.05) is 30.3 Å². The summed E-state index contributed by atoms with van der Waals surface area (Å²) in [5.41, 5.74) is 1.66. The summed E-state index contributed by atoms with van der Waals surface area (Å²) in [5.74, 6) is 5.73. The molecule has 0 heterocycles. The van der Waals surface area contributed by atoms with Crippen LogP contribution in [0.4, 0.5) is 4.39 Å². The van der Waals surface area contributed by atoms with Gasteiger partial charge in [-0.05, 0) is 52.9 Å². The first-order chi connectivity index (χ1) is 7.75. The van der Waals surface area contributed by atoms with Gasteiger partial charge in [0, 0.05) is 14.7 Å². The molecule has 0 spiro atoms. The van der Waals surface area contributed by atoms with Crippen LogP contribution >= 0.6 is 22.6 Å². The zero-order chi connectivity index (χ0) is 11.4. The van der Waals surface area contributed by atoms with Gasteiger partial charge >= 0.3 is 0 Å². The van der Waals surface area contributed by atoms with Gasteiger partial charge in [-0.1, -0.05) is 30.0 Å². The molecule has 0 atom stereocenters. The Morgan fingerprint density at radius 3 is 2.44 bits per heavy atom. The highest BCUT2D eigenvalue weighted by Crippen LogP contribution is 2.12. The molecule has 0 saturated carbocycles. The van der Waals surface area contributed by atoms with E-state index in [0.29, 0.717) is 0 Å². The maximum atomic E-state index is 13.0. The lowest BCUT2D eigenvalue weighted by molar-refractivity contribution is 0.627. The van der Waals surface area contributed by atoms with Crippen LogP contribution in [0.25, 0.3) is 0 Å². The van der Waals surface area contributed by atoms with E-state index in [0.717, 1.165) is 14.7 Å². The minimum absolute atomic E-state index is 0.252. The molecular weight excluding hydrogens is 314 g/mol. The molecule has 0 aliphatic carbocycles. The Bertz CT molecular complexity index is 550. The smallest absolute Gasteiger partial charge is 0.124 e. The highest BCUT2D eigenvalue weighted by atomic mass is 127. The van der Waals surface area contributed by atoms with Gasteiger partial charge in [0.1, 0.15) is 5.82 Å². The van der Waals surface area contributed by atoms with Crippen molar-refractivity contribution >= 4 is 22.6 Å². The van der Waals surface area contributed by atoms with E-state index in [9.17, 15) is 4.39 Å². The molecule has 0 N–H and O–H groups in total. The molecule has 2 heteroatoms. The van der Waals surface area contributed by atoms with Crippen LogP contribution in [0.15, 0.2) is 48.5 Å². The molecule has 78 valence electrons. The quantitative estimate of drug-likeness (QED) is 0.511. The monoisotopic (exact) mass is 322 g/mol. The van der Waals surface area contributed by atoms with Crippen molar-refractivity contribution < 1.29 is 4.39 Å². The lowest BCUT2D eigenvalue weighted by Crippen LogP contribution is -1.84. The highest BCUT2D eigenvalue weighted by molar-refractivity contribution is 14.1. The first kappa shape index (κ1) is 11.2. The van der Waals surface area contributed by atoms with Crippen LogP contribution in [0.1, 0.15) is 11.1 Å². The lowest BCUT2D eigenvalue weighted by atomic mass is 10.2. The molecule has 0 bridgehead atoms. The SMILES string of the molecule is Fc1ccc(I)c(C#Cc2ccccc2)c1. The molecule has 0 aliphatic rings. The van der Waals surface area contributed by atoms with Crippen LogP contribution in [0.2, 0.25) is 0 Å². The molecular formula is C14H8FI. The van der Waals surface area contributed by atoms with E-state index in [2.05, 4.69) is 34.4 Å². The Morgan fingerprint density at radius 1 is 0.938 bits per heavy atom. The van der Waals surface area contributed by atoms with Gasteiger partial charge in [-0.15, -0.1) is 0 Å². The van der Waals surface area contributed by atoms with Crippen molar-refractivity contribution in [3.63, 3.8) is 0 Å². The van der Waals surface area contributed by atoms with Gasteiger partial charge in [-0.3, -0.25) is 0 Å². The molecule has 2 aromatic rings. The van der Waals surface area contributed by atoms with Gasteiger partial charge < -0.3 is 0 Å². The number of rotatable bonds is 0. The molecule has 0 unspecified atom stereocenters. The molecule has 2 rings (SSSR count). The second-order valence-corrected chi connectivity index (χ2v) is 4.40. The van der Waals surface area contributed by atoms with E-state index < -0.39 is 0 Å². The van der Waals surface area contributed by atoms with E-state index in [-0.39, 0.29) is 5.82 Å². The van der Waals surface area contributed by atoms with Gasteiger partial charge in [0.05, 0.1) is 0 Å². The molecule has 0 fully saturated rings. The van der Waals surface area contributed by atoms with Crippen molar-refractivity contribution in [1.29, 1.82) is 0 Å². The van der Waals surface area contributed by atoms with E-state index in [1.54, 1.807) is 6.07 Å². The predicted molar refractivity (Wildman–Crippen MR) is 71.5 cm³/mol. The van der Waals surface area contributed by atoms with Gasteiger partial charge in [-0.2, -0.15) is 0 Å². The highest BCUT2D eigenvalue weighted by Gasteiger charge is 1.97. The number of halogens is 2. The van der Waals surface area contributed by atoms with Crippen molar-refractivity contribution in [2.45, 2.75) is 0 Å². The van der Waals surface area contributed by atoms with Gasteiger partial charge in [-0.25, -0.2) is 4.39 Å². The van der Waals surface area contributed by atoms with Crippen molar-refractivity contribution in [3.05, 3.63) is 69.0 Å². The van der Waals surface area contributed by atoms with E-state index >= 15 is 0 Å². The fourth-order valence-corrected chi connectivity index (χ4v) is 1.72. The summed E-state index contributed by atoms with van der Waals surface area (Å²) in [4.78, 5) is 0. The third-order valence-electron chi connectivity index (χ3n) is 2.04. The fourth-order valence-electron chi connectivity index (χ4n) is 1.25. The Morgan fingerprint density at radius 2 is 1.69 bits per heavy atom. The standard InChI is InChI=1S/C14H8FI/c15-13-8-9-14(16)12(10-13)7-6-11-4-2-1-3-5-11/h1-5,8-10H. The average Bonchev–Trinajstić information content (AvgIpc) is 2.32. The Hall–Kier alpha value is -1.34. The molecule has 0 aliphatic heterocycles. The summed E-state index contributed by atoms with van der Waals surface area (Å²) in [5, 5.41) is 0. The zero-order valence-electron chi connectivity index (χ0n) is 8.37. The summed E-state index contributed by atoms with van der Waals surface area (Å²) in [6.07, 6.45) is 0. The lowest BCUT2D eigenvalue weighted by Gasteiger charge is -1.95. The third-order valence-corrected chi connectivity index (χ3v) is 2.98. The Kier molecular flexibility index (Phi) is 3.58. The first-order valence-electron chi connectivity index (χ1n) is 4.78. The second kappa shape index (κ2) is 5.13. The summed E-state index contributed by atoms with van der Waals surface area (Å²) < 4.78 is 14.0. The van der Waals surface area contributed by atoms with Gasteiger partial charge in [0.15, 0.2) is 0 Å². The Balaban J connectivity index is 2.34. The first-order valence-corrected chi connectivity index (χ1v) is 5.86. The minimum atomic E-state index is -0.252. The average molecular weight is 322 g/mol. The van der Waals surface area contributed by atoms with Crippen molar-refractivity contribution in [2.75, 3.05) is 0 Å². The molecule has 0 radical (unpaired) electrons. The van der Waals surface area contributed by atoms with Crippen LogP contribution in [-0.2, 0) is 0 Å². The molecule has 0 aromatic heterocycles. The number of hydrogen-bond donors (Lipinski definition) is 0. The maximum Gasteiger partial charge on any atom is 0.124 e. The van der Waals surface area contributed by atoms with E-state index in [4.69, 9.17) is 0 Å². The maximum absolute atomic E-state index is 13.0. The normalized spacial score (nSPS) is 9.38. The molecule has 0 nitrogen and oxygen atoms in total. The van der Waals surface area contributed by atoms with Crippen LogP contribution in [0.5, 0.6) is 0 Å². The second-order valence-electron chi connectivity index (χ2n) is 3.24. The largest absolute Gasteiger partial charge is 0.207 e. The molecule has 16 heavy (non-hydrogen) atoms. The van der Waals surface area contributed by atoms with Crippen LogP contribution < -0.4 is 0 Å². The van der Waals surface area contributed by atoms with Crippen molar-refractivity contribution in [2.24, 2.45) is 0 Å². The zero-order valence-corrected chi connectivity index (χ0v) is 10.5. The van der Waals surface area contributed by atoms with Crippen LogP contribution in [-0.4, -0.2) is 0 Å². The molecule has 2 aromatic carbocycles. The molecule has 0 amide bonds. The number of hydrogen-bond acceptors (Lipinski definition) is 0. The predicted octanol–water partition coefficient (Wildman–Crippen LogP) is 3.83. The third kappa shape index (κ3) is 2.83. The van der Waals surface area contributed by atoms with Crippen LogP contribution in [0.3, 0.4) is 0 Å². The van der Waals surface area contributed by atoms with Crippen LogP contribution in [0, 0.1) is 21.2 Å². The van der Waals surface area contributed by atoms with E-state index in [1.165, 1.54) is 12.1 Å². The minimum Gasteiger partial charge on any atom is -0.207 e.